The molecule has 0 spiro atoms. The number of hydrogen-bond acceptors (Lipinski definition) is 2. The van der Waals surface area contributed by atoms with Crippen molar-refractivity contribution >= 4 is 0 Å². The Morgan fingerprint density at radius 3 is 2.42 bits per heavy atom. The molecular formula is C10H21NO. The monoisotopic (exact) mass is 171 g/mol. The smallest absolute Gasteiger partial charge is 0.0828 e. The molecule has 0 aromatic heterocycles. The normalized spacial score (nSPS) is 24.2. The summed E-state index contributed by atoms with van der Waals surface area (Å²) in [5, 5.41) is 0. The summed E-state index contributed by atoms with van der Waals surface area (Å²) in [4.78, 5) is 0. The predicted octanol–water partition coefficient (Wildman–Crippen LogP) is 2.07. The molecule has 2 heteroatoms. The van der Waals surface area contributed by atoms with E-state index in [9.17, 15) is 0 Å². The van der Waals surface area contributed by atoms with Crippen LogP contribution in [0.3, 0.4) is 0 Å². The summed E-state index contributed by atoms with van der Waals surface area (Å²) in [6.45, 7) is 2.18. The molecule has 1 aliphatic carbocycles. The summed E-state index contributed by atoms with van der Waals surface area (Å²) in [6.07, 6.45) is 7.13. The molecule has 0 aromatic carbocycles. The van der Waals surface area contributed by atoms with Crippen molar-refractivity contribution in [1.82, 2.24) is 0 Å². The van der Waals surface area contributed by atoms with E-state index >= 15 is 0 Å². The van der Waals surface area contributed by atoms with Gasteiger partial charge in [0, 0.05) is 13.2 Å². The van der Waals surface area contributed by atoms with Gasteiger partial charge < -0.3 is 10.5 Å². The molecule has 1 atom stereocenters. The van der Waals surface area contributed by atoms with Gasteiger partial charge in [-0.2, -0.15) is 0 Å². The van der Waals surface area contributed by atoms with Crippen molar-refractivity contribution in [3.8, 4) is 0 Å². The van der Waals surface area contributed by atoms with Crippen LogP contribution in [0.25, 0.3) is 0 Å². The Labute approximate surface area is 75.5 Å². The van der Waals surface area contributed by atoms with Gasteiger partial charge in [0.2, 0.25) is 0 Å². The Kier molecular flexibility index (Phi) is 3.53. The maximum absolute atomic E-state index is 6.11. The molecule has 0 saturated heterocycles. The molecule has 0 amide bonds. The molecule has 0 bridgehead atoms. The maximum atomic E-state index is 6.11. The Bertz CT molecular complexity index is 130. The summed E-state index contributed by atoms with van der Waals surface area (Å²) in [5.74, 6) is 0. The molecule has 0 aliphatic heterocycles. The first-order chi connectivity index (χ1) is 5.75. The van der Waals surface area contributed by atoms with E-state index < -0.39 is 0 Å². The highest BCUT2D eigenvalue weighted by atomic mass is 16.5. The second-order valence-corrected chi connectivity index (χ2v) is 3.87. The number of methoxy groups -OCH3 is 1. The Morgan fingerprint density at radius 1 is 1.42 bits per heavy atom. The lowest BCUT2D eigenvalue weighted by molar-refractivity contribution is -0.0275. The SMILES string of the molecule is CCCC(N)C1(OC)CCCC1. The zero-order chi connectivity index (χ0) is 9.03. The third-order valence-electron chi connectivity index (χ3n) is 3.13. The minimum absolute atomic E-state index is 0.0238. The zero-order valence-corrected chi connectivity index (χ0v) is 8.31. The molecule has 0 aromatic rings. The highest BCUT2D eigenvalue weighted by molar-refractivity contribution is 4.94. The Balaban J connectivity index is 2.52. The highest BCUT2D eigenvalue weighted by Crippen LogP contribution is 2.36. The van der Waals surface area contributed by atoms with Gasteiger partial charge in [0.1, 0.15) is 0 Å². The van der Waals surface area contributed by atoms with E-state index in [0.717, 1.165) is 25.7 Å². The fourth-order valence-electron chi connectivity index (χ4n) is 2.27. The van der Waals surface area contributed by atoms with Crippen LogP contribution in [0.1, 0.15) is 45.4 Å². The minimum atomic E-state index is 0.0238. The lowest BCUT2D eigenvalue weighted by Gasteiger charge is -2.33. The van der Waals surface area contributed by atoms with Gasteiger partial charge in [0.25, 0.3) is 0 Å². The van der Waals surface area contributed by atoms with Crippen LogP contribution >= 0.6 is 0 Å². The number of rotatable bonds is 4. The average molecular weight is 171 g/mol. The van der Waals surface area contributed by atoms with Crippen LogP contribution in [0.5, 0.6) is 0 Å². The minimum Gasteiger partial charge on any atom is -0.377 e. The lowest BCUT2D eigenvalue weighted by atomic mass is 9.90. The second kappa shape index (κ2) is 4.24. The second-order valence-electron chi connectivity index (χ2n) is 3.87. The van der Waals surface area contributed by atoms with Crippen LogP contribution in [-0.4, -0.2) is 18.8 Å². The molecule has 0 heterocycles. The van der Waals surface area contributed by atoms with Crippen molar-refractivity contribution < 1.29 is 4.74 Å². The van der Waals surface area contributed by atoms with Crippen molar-refractivity contribution in [3.05, 3.63) is 0 Å². The van der Waals surface area contributed by atoms with Crippen LogP contribution in [-0.2, 0) is 4.74 Å². The molecular weight excluding hydrogens is 150 g/mol. The van der Waals surface area contributed by atoms with Crippen LogP contribution in [0.15, 0.2) is 0 Å². The van der Waals surface area contributed by atoms with Crippen molar-refractivity contribution in [3.63, 3.8) is 0 Å². The summed E-state index contributed by atoms with van der Waals surface area (Å²) < 4.78 is 5.59. The van der Waals surface area contributed by atoms with Crippen molar-refractivity contribution in [1.29, 1.82) is 0 Å². The number of hydrogen-bond donors (Lipinski definition) is 1. The van der Waals surface area contributed by atoms with Gasteiger partial charge in [0.05, 0.1) is 5.60 Å². The Morgan fingerprint density at radius 2 is 2.00 bits per heavy atom. The predicted molar refractivity (Wildman–Crippen MR) is 51.1 cm³/mol. The van der Waals surface area contributed by atoms with Crippen molar-refractivity contribution in [2.24, 2.45) is 5.73 Å². The lowest BCUT2D eigenvalue weighted by Crippen LogP contribution is -2.47. The van der Waals surface area contributed by atoms with Crippen LogP contribution in [0.4, 0.5) is 0 Å². The van der Waals surface area contributed by atoms with Crippen LogP contribution in [0.2, 0.25) is 0 Å². The third kappa shape index (κ3) is 1.80. The van der Waals surface area contributed by atoms with Gasteiger partial charge in [-0.15, -0.1) is 0 Å². The molecule has 2 N–H and O–H groups in total. The molecule has 1 rings (SSSR count). The van der Waals surface area contributed by atoms with Gasteiger partial charge in [-0.05, 0) is 19.3 Å². The largest absolute Gasteiger partial charge is 0.377 e. The van der Waals surface area contributed by atoms with E-state index in [1.807, 2.05) is 0 Å². The van der Waals surface area contributed by atoms with E-state index in [-0.39, 0.29) is 11.6 Å². The topological polar surface area (TPSA) is 35.2 Å². The summed E-state index contributed by atoms with van der Waals surface area (Å²) in [5.41, 5.74) is 6.13. The zero-order valence-electron chi connectivity index (χ0n) is 8.31. The first-order valence-corrected chi connectivity index (χ1v) is 5.06. The molecule has 2 nitrogen and oxygen atoms in total. The van der Waals surface area contributed by atoms with Crippen molar-refractivity contribution in [2.75, 3.05) is 7.11 Å². The standard InChI is InChI=1S/C10H21NO/c1-3-6-9(11)10(12-2)7-4-5-8-10/h9H,3-8,11H2,1-2H3. The van der Waals surface area contributed by atoms with Crippen molar-refractivity contribution in [2.45, 2.75) is 57.1 Å². The van der Waals surface area contributed by atoms with Gasteiger partial charge in [-0.3, -0.25) is 0 Å². The summed E-state index contributed by atoms with van der Waals surface area (Å²) in [7, 11) is 1.81. The summed E-state index contributed by atoms with van der Waals surface area (Å²) in [6, 6.07) is 0.245. The fraction of sp³-hybridized carbons (Fsp3) is 1.00. The van der Waals surface area contributed by atoms with Gasteiger partial charge in [-0.25, -0.2) is 0 Å². The van der Waals surface area contributed by atoms with E-state index in [1.54, 1.807) is 7.11 Å². The van der Waals surface area contributed by atoms with Crippen LogP contribution < -0.4 is 5.73 Å². The molecule has 72 valence electrons. The number of nitrogens with two attached hydrogens (primary N) is 1. The third-order valence-corrected chi connectivity index (χ3v) is 3.13. The maximum Gasteiger partial charge on any atom is 0.0828 e. The quantitative estimate of drug-likeness (QED) is 0.702. The van der Waals surface area contributed by atoms with E-state index in [4.69, 9.17) is 10.5 Å². The average Bonchev–Trinajstić information content (AvgIpc) is 2.54. The molecule has 1 saturated carbocycles. The van der Waals surface area contributed by atoms with Gasteiger partial charge in [-0.1, -0.05) is 26.2 Å². The van der Waals surface area contributed by atoms with Crippen LogP contribution in [0, 0.1) is 0 Å². The fourth-order valence-corrected chi connectivity index (χ4v) is 2.27. The molecule has 12 heavy (non-hydrogen) atoms. The van der Waals surface area contributed by atoms with Gasteiger partial charge in [0.15, 0.2) is 0 Å². The molecule has 1 fully saturated rings. The molecule has 0 radical (unpaired) electrons. The van der Waals surface area contributed by atoms with E-state index in [2.05, 4.69) is 6.92 Å². The first kappa shape index (κ1) is 10.0. The molecule has 1 unspecified atom stereocenters. The highest BCUT2D eigenvalue weighted by Gasteiger charge is 2.38. The first-order valence-electron chi connectivity index (χ1n) is 5.06. The number of ether oxygens (including phenoxy) is 1. The molecule has 1 aliphatic rings. The van der Waals surface area contributed by atoms with E-state index in [0.29, 0.717) is 0 Å². The van der Waals surface area contributed by atoms with E-state index in [1.165, 1.54) is 12.8 Å². The van der Waals surface area contributed by atoms with Gasteiger partial charge >= 0.3 is 0 Å². The summed E-state index contributed by atoms with van der Waals surface area (Å²) >= 11 is 0. The Hall–Kier alpha value is -0.0800.